The Kier molecular flexibility index (Phi) is 3.56. The molecule has 1 aliphatic heterocycles. The van der Waals surface area contributed by atoms with Crippen molar-refractivity contribution in [1.82, 2.24) is 5.32 Å². The Labute approximate surface area is 121 Å². The number of rotatable bonds is 4. The van der Waals surface area contributed by atoms with Crippen LogP contribution in [0.2, 0.25) is 0 Å². The second-order valence-corrected chi connectivity index (χ2v) is 8.50. The van der Waals surface area contributed by atoms with Crippen LogP contribution in [0, 0.1) is 11.3 Å². The summed E-state index contributed by atoms with van der Waals surface area (Å²) in [5.41, 5.74) is 0.303. The van der Waals surface area contributed by atoms with E-state index in [9.17, 15) is 0 Å². The third-order valence-corrected chi connectivity index (χ3v) is 6.15. The molecule has 3 unspecified atom stereocenters. The summed E-state index contributed by atoms with van der Waals surface area (Å²) in [7, 11) is 0. The molecule has 0 spiro atoms. The highest BCUT2D eigenvalue weighted by Crippen LogP contribution is 2.52. The standard InChI is InChI=1S/C14H20BrNOS/c1-14(2)12(10-6-8-17-13(10)14)16-7-5-9-3-4-11(15)18-9/h3-4,10,12-13,16H,5-8H2,1-2H3. The van der Waals surface area contributed by atoms with Gasteiger partial charge in [0.25, 0.3) is 0 Å². The highest BCUT2D eigenvalue weighted by molar-refractivity contribution is 9.11. The number of hydrogen-bond donors (Lipinski definition) is 1. The van der Waals surface area contributed by atoms with Crippen molar-refractivity contribution >= 4 is 27.3 Å². The van der Waals surface area contributed by atoms with Gasteiger partial charge in [0.05, 0.1) is 9.89 Å². The fraction of sp³-hybridized carbons (Fsp3) is 0.714. The third kappa shape index (κ3) is 2.17. The van der Waals surface area contributed by atoms with Crippen LogP contribution in [0.25, 0.3) is 0 Å². The smallest absolute Gasteiger partial charge is 0.0701 e. The zero-order chi connectivity index (χ0) is 12.8. The maximum absolute atomic E-state index is 5.82. The molecule has 2 aliphatic rings. The minimum absolute atomic E-state index is 0.303. The van der Waals surface area contributed by atoms with Gasteiger partial charge in [-0.15, -0.1) is 11.3 Å². The van der Waals surface area contributed by atoms with Gasteiger partial charge in [-0.25, -0.2) is 0 Å². The molecule has 0 aromatic carbocycles. The minimum atomic E-state index is 0.303. The molecule has 0 bridgehead atoms. The molecule has 2 fully saturated rings. The van der Waals surface area contributed by atoms with Gasteiger partial charge in [0.2, 0.25) is 0 Å². The molecule has 3 rings (SSSR count). The van der Waals surface area contributed by atoms with Crippen LogP contribution in [0.4, 0.5) is 0 Å². The van der Waals surface area contributed by atoms with Crippen LogP contribution in [0.15, 0.2) is 15.9 Å². The zero-order valence-corrected chi connectivity index (χ0v) is 13.3. The van der Waals surface area contributed by atoms with Gasteiger partial charge >= 0.3 is 0 Å². The lowest BCUT2D eigenvalue weighted by atomic mass is 9.57. The zero-order valence-electron chi connectivity index (χ0n) is 10.9. The van der Waals surface area contributed by atoms with E-state index in [0.717, 1.165) is 25.5 Å². The molecule has 3 atom stereocenters. The highest BCUT2D eigenvalue weighted by atomic mass is 79.9. The van der Waals surface area contributed by atoms with E-state index in [-0.39, 0.29) is 0 Å². The third-order valence-electron chi connectivity index (χ3n) is 4.46. The summed E-state index contributed by atoms with van der Waals surface area (Å²) in [5, 5.41) is 3.75. The molecular formula is C14H20BrNOS. The fourth-order valence-electron chi connectivity index (χ4n) is 3.58. The van der Waals surface area contributed by atoms with E-state index in [4.69, 9.17) is 4.74 Å². The first-order valence-corrected chi connectivity index (χ1v) is 8.29. The Bertz CT molecular complexity index is 431. The van der Waals surface area contributed by atoms with Crippen molar-refractivity contribution in [3.05, 3.63) is 20.8 Å². The highest BCUT2D eigenvalue weighted by Gasteiger charge is 2.58. The molecule has 1 N–H and O–H groups in total. The van der Waals surface area contributed by atoms with E-state index in [1.165, 1.54) is 15.1 Å². The second kappa shape index (κ2) is 4.89. The van der Waals surface area contributed by atoms with Crippen molar-refractivity contribution in [2.45, 2.75) is 38.8 Å². The minimum Gasteiger partial charge on any atom is -0.377 e. The predicted octanol–water partition coefficient (Wildman–Crippen LogP) is 3.46. The number of ether oxygens (including phenoxy) is 1. The molecule has 1 saturated heterocycles. The normalized spacial score (nSPS) is 33.2. The molecular weight excluding hydrogens is 310 g/mol. The Morgan fingerprint density at radius 1 is 1.50 bits per heavy atom. The van der Waals surface area contributed by atoms with Crippen LogP contribution in [0.5, 0.6) is 0 Å². The Balaban J connectivity index is 1.51. The Morgan fingerprint density at radius 2 is 2.33 bits per heavy atom. The molecule has 0 amide bonds. The van der Waals surface area contributed by atoms with Gasteiger partial charge in [-0.1, -0.05) is 13.8 Å². The number of fused-ring (bicyclic) bond motifs is 1. The summed E-state index contributed by atoms with van der Waals surface area (Å²) in [6, 6.07) is 4.98. The van der Waals surface area contributed by atoms with E-state index >= 15 is 0 Å². The van der Waals surface area contributed by atoms with Gasteiger partial charge in [0.15, 0.2) is 0 Å². The number of nitrogens with one attached hydrogen (secondary N) is 1. The van der Waals surface area contributed by atoms with Crippen LogP contribution in [-0.2, 0) is 11.2 Å². The summed E-state index contributed by atoms with van der Waals surface area (Å²) >= 11 is 5.35. The molecule has 0 radical (unpaired) electrons. The van der Waals surface area contributed by atoms with Crippen molar-refractivity contribution < 1.29 is 4.74 Å². The lowest BCUT2D eigenvalue weighted by molar-refractivity contribution is -0.112. The fourth-order valence-corrected chi connectivity index (χ4v) is 5.06. The molecule has 18 heavy (non-hydrogen) atoms. The first-order chi connectivity index (χ1) is 8.59. The summed E-state index contributed by atoms with van der Waals surface area (Å²) in [6.07, 6.45) is 2.85. The van der Waals surface area contributed by atoms with E-state index in [0.29, 0.717) is 17.6 Å². The van der Waals surface area contributed by atoms with Gasteiger partial charge in [0.1, 0.15) is 0 Å². The second-order valence-electron chi connectivity index (χ2n) is 5.95. The van der Waals surface area contributed by atoms with Gasteiger partial charge in [-0.2, -0.15) is 0 Å². The van der Waals surface area contributed by atoms with E-state index < -0.39 is 0 Å². The maximum atomic E-state index is 5.82. The average molecular weight is 330 g/mol. The van der Waals surface area contributed by atoms with Crippen molar-refractivity contribution in [3.8, 4) is 0 Å². The van der Waals surface area contributed by atoms with Crippen LogP contribution in [-0.4, -0.2) is 25.3 Å². The van der Waals surface area contributed by atoms with Crippen LogP contribution in [0.3, 0.4) is 0 Å². The topological polar surface area (TPSA) is 21.3 Å². The van der Waals surface area contributed by atoms with Crippen molar-refractivity contribution in [2.75, 3.05) is 13.2 Å². The Hall–Kier alpha value is 0.1000. The largest absolute Gasteiger partial charge is 0.377 e. The predicted molar refractivity (Wildman–Crippen MR) is 79.1 cm³/mol. The van der Waals surface area contributed by atoms with E-state index in [2.05, 4.69) is 47.2 Å². The van der Waals surface area contributed by atoms with Gasteiger partial charge in [0, 0.05) is 35.4 Å². The Morgan fingerprint density at radius 3 is 3.06 bits per heavy atom. The molecule has 2 heterocycles. The van der Waals surface area contributed by atoms with E-state index in [1.54, 1.807) is 0 Å². The molecule has 1 aliphatic carbocycles. The molecule has 1 saturated carbocycles. The summed E-state index contributed by atoms with van der Waals surface area (Å²) in [6.45, 7) is 6.69. The molecule has 100 valence electrons. The SMILES string of the molecule is CC1(C)C(NCCc2ccc(Br)s2)C2CCOC21. The monoisotopic (exact) mass is 329 g/mol. The first-order valence-electron chi connectivity index (χ1n) is 6.68. The van der Waals surface area contributed by atoms with Crippen molar-refractivity contribution in [1.29, 1.82) is 0 Å². The average Bonchev–Trinajstić information content (AvgIpc) is 2.92. The van der Waals surface area contributed by atoms with Crippen LogP contribution < -0.4 is 5.32 Å². The van der Waals surface area contributed by atoms with Gasteiger partial charge < -0.3 is 10.1 Å². The molecule has 1 aromatic rings. The summed E-state index contributed by atoms with van der Waals surface area (Å²) < 4.78 is 7.05. The van der Waals surface area contributed by atoms with Crippen molar-refractivity contribution in [3.63, 3.8) is 0 Å². The van der Waals surface area contributed by atoms with Gasteiger partial charge in [-0.3, -0.25) is 0 Å². The number of hydrogen-bond acceptors (Lipinski definition) is 3. The van der Waals surface area contributed by atoms with Crippen molar-refractivity contribution in [2.24, 2.45) is 11.3 Å². The van der Waals surface area contributed by atoms with Crippen LogP contribution >= 0.6 is 27.3 Å². The molecule has 2 nitrogen and oxygen atoms in total. The summed E-state index contributed by atoms with van der Waals surface area (Å²) in [5.74, 6) is 0.745. The maximum Gasteiger partial charge on any atom is 0.0701 e. The lowest BCUT2D eigenvalue weighted by Gasteiger charge is -2.55. The number of halogens is 1. The molecule has 1 aromatic heterocycles. The first kappa shape index (κ1) is 13.1. The molecule has 4 heteroatoms. The summed E-state index contributed by atoms with van der Waals surface area (Å²) in [4.78, 5) is 1.45. The van der Waals surface area contributed by atoms with Crippen LogP contribution in [0.1, 0.15) is 25.1 Å². The number of thiophene rings is 1. The van der Waals surface area contributed by atoms with Gasteiger partial charge in [-0.05, 0) is 40.9 Å². The quantitative estimate of drug-likeness (QED) is 0.913. The van der Waals surface area contributed by atoms with E-state index in [1.807, 2.05) is 11.3 Å². The lowest BCUT2D eigenvalue weighted by Crippen LogP contribution is -2.66.